The molecule has 8 heteroatoms. The fourth-order valence-electron chi connectivity index (χ4n) is 2.43. The lowest BCUT2D eigenvalue weighted by Crippen LogP contribution is -2.30. The van der Waals surface area contributed by atoms with Crippen LogP contribution in [0.2, 0.25) is 0 Å². The molecule has 0 fully saturated rings. The van der Waals surface area contributed by atoms with E-state index in [9.17, 15) is 18.0 Å². The second-order valence-corrected chi connectivity index (χ2v) is 7.54. The van der Waals surface area contributed by atoms with E-state index < -0.39 is 27.9 Å². The van der Waals surface area contributed by atoms with Crippen LogP contribution in [0, 0.1) is 12.3 Å². The van der Waals surface area contributed by atoms with Crippen LogP contribution in [-0.2, 0) is 19.6 Å². The van der Waals surface area contributed by atoms with Gasteiger partial charge in [-0.25, -0.2) is 8.42 Å². The number of ether oxygens (including phenoxy) is 1. The number of esters is 1. The molecule has 7 nitrogen and oxygen atoms in total. The van der Waals surface area contributed by atoms with Crippen LogP contribution < -0.4 is 10.0 Å². The first-order valence-electron chi connectivity index (χ1n) is 8.33. The second-order valence-electron chi connectivity index (χ2n) is 5.77. The third-order valence-electron chi connectivity index (χ3n) is 3.90. The molecule has 146 valence electrons. The number of hydrogen-bond acceptors (Lipinski definition) is 5. The fourth-order valence-corrected chi connectivity index (χ4v) is 3.37. The van der Waals surface area contributed by atoms with E-state index in [4.69, 9.17) is 11.2 Å². The minimum Gasteiger partial charge on any atom is -0.469 e. The van der Waals surface area contributed by atoms with Crippen molar-refractivity contribution in [3.05, 3.63) is 65.7 Å². The Morgan fingerprint density at radius 3 is 2.32 bits per heavy atom. The number of terminal acetylenes is 1. The summed E-state index contributed by atoms with van der Waals surface area (Å²) in [5, 5.41) is 2.78. The number of carbonyl (C=O) groups is 2. The van der Waals surface area contributed by atoms with Crippen LogP contribution in [0.1, 0.15) is 28.4 Å². The normalized spacial score (nSPS) is 11.9. The lowest BCUT2D eigenvalue weighted by atomic mass is 10.0. The number of amides is 1. The molecule has 0 aliphatic heterocycles. The number of sulfonamides is 1. The largest absolute Gasteiger partial charge is 0.469 e. The minimum atomic E-state index is -3.74. The van der Waals surface area contributed by atoms with Crippen molar-refractivity contribution in [2.75, 3.05) is 13.7 Å². The number of carbonyl (C=O) groups excluding carboxylic acids is 2. The van der Waals surface area contributed by atoms with Crippen LogP contribution in [0.4, 0.5) is 0 Å². The first kappa shape index (κ1) is 21.2. The highest BCUT2D eigenvalue weighted by Gasteiger charge is 2.20. The SMILES string of the molecule is C#CCNS(=O)(=O)c1ccc(C(=O)NC(CC(=O)OC)c2ccccc2)cc1. The molecular weight excluding hydrogens is 380 g/mol. The van der Waals surface area contributed by atoms with Crippen molar-refractivity contribution in [1.82, 2.24) is 10.0 Å². The number of hydrogen-bond donors (Lipinski definition) is 2. The summed E-state index contributed by atoms with van der Waals surface area (Å²) in [5.74, 6) is 1.28. The second kappa shape index (κ2) is 9.69. The van der Waals surface area contributed by atoms with Gasteiger partial charge in [0.1, 0.15) is 0 Å². The first-order valence-corrected chi connectivity index (χ1v) is 9.81. The first-order chi connectivity index (χ1) is 13.4. The van der Waals surface area contributed by atoms with Gasteiger partial charge in [-0.3, -0.25) is 9.59 Å². The Hall–Kier alpha value is -3.15. The van der Waals surface area contributed by atoms with Gasteiger partial charge in [0.05, 0.1) is 31.0 Å². The summed E-state index contributed by atoms with van der Waals surface area (Å²) in [6, 6.07) is 13.8. The molecule has 28 heavy (non-hydrogen) atoms. The monoisotopic (exact) mass is 400 g/mol. The standard InChI is InChI=1S/C20H20N2O5S/c1-3-13-21-28(25,26)17-11-9-16(10-12-17)20(24)22-18(14-19(23)27-2)15-7-5-4-6-8-15/h1,4-12,18,21H,13-14H2,2H3,(H,22,24). The van der Waals surface area contributed by atoms with E-state index in [1.807, 2.05) is 6.07 Å². The Morgan fingerprint density at radius 2 is 1.75 bits per heavy atom. The minimum absolute atomic E-state index is 0.00605. The van der Waals surface area contributed by atoms with Gasteiger partial charge in [-0.05, 0) is 29.8 Å². The molecule has 1 atom stereocenters. The van der Waals surface area contributed by atoms with E-state index in [0.29, 0.717) is 0 Å². The summed E-state index contributed by atoms with van der Waals surface area (Å²) in [6.07, 6.45) is 5.02. The molecule has 1 amide bonds. The molecule has 0 aromatic heterocycles. The van der Waals surface area contributed by atoms with Gasteiger partial charge < -0.3 is 10.1 Å². The highest BCUT2D eigenvalue weighted by atomic mass is 32.2. The Balaban J connectivity index is 2.17. The summed E-state index contributed by atoms with van der Waals surface area (Å²) in [5.41, 5.74) is 1.00. The summed E-state index contributed by atoms with van der Waals surface area (Å²) < 4.78 is 31.0. The lowest BCUT2D eigenvalue weighted by molar-refractivity contribution is -0.141. The van der Waals surface area contributed by atoms with Gasteiger partial charge >= 0.3 is 5.97 Å². The van der Waals surface area contributed by atoms with Crippen LogP contribution in [0.25, 0.3) is 0 Å². The molecule has 0 heterocycles. The molecule has 0 saturated carbocycles. The number of methoxy groups -OCH3 is 1. The zero-order valence-corrected chi connectivity index (χ0v) is 16.0. The van der Waals surface area contributed by atoms with Crippen LogP contribution in [0.15, 0.2) is 59.5 Å². The Morgan fingerprint density at radius 1 is 1.11 bits per heavy atom. The van der Waals surface area contributed by atoms with Crippen molar-refractivity contribution in [3.8, 4) is 12.3 Å². The Kier molecular flexibility index (Phi) is 7.32. The summed E-state index contributed by atoms with van der Waals surface area (Å²) in [4.78, 5) is 24.3. The maximum Gasteiger partial charge on any atom is 0.307 e. The lowest BCUT2D eigenvalue weighted by Gasteiger charge is -2.18. The molecule has 0 bridgehead atoms. The quantitative estimate of drug-likeness (QED) is 0.518. The average molecular weight is 400 g/mol. The predicted octanol–water partition coefficient (Wildman–Crippen LogP) is 1.63. The van der Waals surface area contributed by atoms with Crippen molar-refractivity contribution in [3.63, 3.8) is 0 Å². The Bertz CT molecular complexity index is 964. The van der Waals surface area contributed by atoms with E-state index in [2.05, 4.69) is 16.0 Å². The van der Waals surface area contributed by atoms with E-state index in [1.54, 1.807) is 24.3 Å². The van der Waals surface area contributed by atoms with Crippen molar-refractivity contribution >= 4 is 21.9 Å². The molecule has 1 unspecified atom stereocenters. The third-order valence-corrected chi connectivity index (χ3v) is 5.31. The molecule has 0 aliphatic rings. The van der Waals surface area contributed by atoms with Gasteiger partial charge in [0.2, 0.25) is 10.0 Å². The number of benzene rings is 2. The fraction of sp³-hybridized carbons (Fsp3) is 0.200. The van der Waals surface area contributed by atoms with Crippen molar-refractivity contribution in [2.24, 2.45) is 0 Å². The van der Waals surface area contributed by atoms with Crippen molar-refractivity contribution in [2.45, 2.75) is 17.4 Å². The summed E-state index contributed by atoms with van der Waals surface area (Å²) in [7, 11) is -2.46. The van der Waals surface area contributed by atoms with E-state index in [-0.39, 0.29) is 23.4 Å². The van der Waals surface area contributed by atoms with Gasteiger partial charge in [0.25, 0.3) is 5.91 Å². The van der Waals surface area contributed by atoms with Crippen molar-refractivity contribution in [1.29, 1.82) is 0 Å². The van der Waals surface area contributed by atoms with Crippen LogP contribution in [-0.4, -0.2) is 33.9 Å². The van der Waals surface area contributed by atoms with E-state index in [1.165, 1.54) is 31.4 Å². The summed E-state index contributed by atoms with van der Waals surface area (Å²) >= 11 is 0. The zero-order chi connectivity index (χ0) is 20.6. The molecule has 2 rings (SSSR count). The molecule has 2 aromatic carbocycles. The zero-order valence-electron chi connectivity index (χ0n) is 15.2. The van der Waals surface area contributed by atoms with Crippen LogP contribution in [0.5, 0.6) is 0 Å². The highest BCUT2D eigenvalue weighted by molar-refractivity contribution is 7.89. The van der Waals surface area contributed by atoms with Gasteiger partial charge in [-0.1, -0.05) is 36.3 Å². The summed E-state index contributed by atoms with van der Waals surface area (Å²) in [6.45, 7) is -0.128. The topological polar surface area (TPSA) is 102 Å². The third kappa shape index (κ3) is 5.67. The average Bonchev–Trinajstić information content (AvgIpc) is 2.72. The molecular formula is C20H20N2O5S. The predicted molar refractivity (Wildman–Crippen MR) is 104 cm³/mol. The van der Waals surface area contributed by atoms with Crippen LogP contribution in [0.3, 0.4) is 0 Å². The smallest absolute Gasteiger partial charge is 0.307 e. The van der Waals surface area contributed by atoms with Crippen LogP contribution >= 0.6 is 0 Å². The van der Waals surface area contributed by atoms with E-state index in [0.717, 1.165) is 5.56 Å². The molecule has 0 radical (unpaired) electrons. The Labute approximate surface area is 164 Å². The molecule has 2 N–H and O–H groups in total. The van der Waals surface area contributed by atoms with E-state index >= 15 is 0 Å². The molecule has 2 aromatic rings. The maximum absolute atomic E-state index is 12.6. The molecule has 0 spiro atoms. The number of nitrogens with one attached hydrogen (secondary N) is 2. The maximum atomic E-state index is 12.6. The van der Waals surface area contributed by atoms with Gasteiger partial charge in [0, 0.05) is 5.56 Å². The van der Waals surface area contributed by atoms with Gasteiger partial charge in [-0.2, -0.15) is 4.72 Å². The number of rotatable bonds is 8. The van der Waals surface area contributed by atoms with Gasteiger partial charge in [-0.15, -0.1) is 6.42 Å². The molecule has 0 aliphatic carbocycles. The van der Waals surface area contributed by atoms with Gasteiger partial charge in [0.15, 0.2) is 0 Å². The molecule has 0 saturated heterocycles. The van der Waals surface area contributed by atoms with Crippen molar-refractivity contribution < 1.29 is 22.7 Å². The highest BCUT2D eigenvalue weighted by Crippen LogP contribution is 2.18.